The second-order valence-corrected chi connectivity index (χ2v) is 21.8. The largest absolute Gasteiger partial charge is 0.494 e. The number of hydrogen-bond acceptors (Lipinski definition) is 20. The van der Waals surface area contributed by atoms with Crippen molar-refractivity contribution >= 4 is 19.7 Å². The van der Waals surface area contributed by atoms with E-state index in [1.807, 2.05) is 12.1 Å². The predicted molar refractivity (Wildman–Crippen MR) is 285 cm³/mol. The maximum atomic E-state index is 13.6. The number of hydrogen-bond donors (Lipinski definition) is 2. The average molecular weight is 1100 g/mol. The normalized spacial score (nSPS) is 12.8. The van der Waals surface area contributed by atoms with Crippen molar-refractivity contribution in [2.75, 3.05) is 42.7 Å². The van der Waals surface area contributed by atoms with Crippen LogP contribution in [0.1, 0.15) is 60.0 Å². The first kappa shape index (κ1) is 56.8. The van der Waals surface area contributed by atoms with E-state index in [9.17, 15) is 27.0 Å². The molecule has 0 aliphatic carbocycles. The third-order valence-corrected chi connectivity index (χ3v) is 16.6. The van der Waals surface area contributed by atoms with Gasteiger partial charge >= 0.3 is 0 Å². The summed E-state index contributed by atoms with van der Waals surface area (Å²) in [5, 5.41) is 54.4. The topological polar surface area (TPSA) is 299 Å². The second kappa shape index (κ2) is 24.8. The van der Waals surface area contributed by atoms with Crippen LogP contribution in [0, 0.1) is 22.7 Å². The molecule has 0 saturated carbocycles. The van der Waals surface area contributed by atoms with Crippen molar-refractivity contribution in [3.05, 3.63) is 155 Å². The van der Waals surface area contributed by atoms with Crippen LogP contribution >= 0.6 is 0 Å². The number of ether oxygens (including phenoxy) is 6. The first-order valence-corrected chi connectivity index (χ1v) is 27.0. The molecule has 2 N–H and O–H groups in total. The van der Waals surface area contributed by atoms with Crippen molar-refractivity contribution in [1.82, 2.24) is 39.5 Å². The van der Waals surface area contributed by atoms with E-state index in [1.165, 1.54) is 114 Å². The zero-order chi connectivity index (χ0) is 56.3. The Labute approximate surface area is 450 Å². The third-order valence-electron chi connectivity index (χ3n) is 12.5. The van der Waals surface area contributed by atoms with Crippen LogP contribution in [0.3, 0.4) is 0 Å². The number of nitrogens with zero attached hydrogens (tertiary/aromatic N) is 10. The van der Waals surface area contributed by atoms with E-state index in [-0.39, 0.29) is 23.3 Å². The van der Waals surface area contributed by atoms with Crippen molar-refractivity contribution in [2.45, 2.75) is 48.1 Å². The molecule has 0 amide bonds. The van der Waals surface area contributed by atoms with Crippen LogP contribution in [0.15, 0.2) is 121 Å². The minimum Gasteiger partial charge on any atom is -0.494 e. The van der Waals surface area contributed by atoms with Gasteiger partial charge in [0.1, 0.15) is 57.3 Å². The van der Waals surface area contributed by atoms with Crippen LogP contribution in [-0.4, -0.2) is 120 Å². The summed E-state index contributed by atoms with van der Waals surface area (Å²) < 4.78 is 90.2. The maximum Gasteiger partial charge on any atom is 0.213 e. The van der Waals surface area contributed by atoms with Crippen LogP contribution in [0.25, 0.3) is 34.4 Å². The van der Waals surface area contributed by atoms with Gasteiger partial charge in [-0.1, -0.05) is 48.5 Å². The number of benzene rings is 4. The molecule has 0 radical (unpaired) electrons. The smallest absolute Gasteiger partial charge is 0.213 e. The quantitative estimate of drug-likeness (QED) is 0.0820. The number of para-hydroxylation sites is 2. The Kier molecular flexibility index (Phi) is 18.1. The van der Waals surface area contributed by atoms with Gasteiger partial charge in [-0.15, -0.1) is 20.4 Å². The fraction of sp³-hybridized carbons (Fsp3) is 0.259. The van der Waals surface area contributed by atoms with Crippen LogP contribution in [0.4, 0.5) is 0 Å². The molecule has 0 fully saturated rings. The molecule has 78 heavy (non-hydrogen) atoms. The van der Waals surface area contributed by atoms with Gasteiger partial charge in [0.2, 0.25) is 11.8 Å². The van der Waals surface area contributed by atoms with Crippen molar-refractivity contribution < 1.29 is 55.5 Å². The summed E-state index contributed by atoms with van der Waals surface area (Å²) in [6, 6.07) is 36.7. The Morgan fingerprint density at radius 2 is 0.795 bits per heavy atom. The molecule has 4 heterocycles. The second-order valence-electron chi connectivity index (χ2n) is 17.1. The van der Waals surface area contributed by atoms with Gasteiger partial charge in [0.05, 0.1) is 88.6 Å². The van der Waals surface area contributed by atoms with Gasteiger partial charge in [0, 0.05) is 12.1 Å². The van der Waals surface area contributed by atoms with E-state index in [4.69, 9.17) is 38.9 Å². The van der Waals surface area contributed by atoms with Gasteiger partial charge in [-0.2, -0.15) is 10.5 Å². The summed E-state index contributed by atoms with van der Waals surface area (Å²) in [5.74, 6) is 1.73. The van der Waals surface area contributed by atoms with Crippen molar-refractivity contribution in [3.63, 3.8) is 0 Å². The van der Waals surface area contributed by atoms with Crippen molar-refractivity contribution in [3.8, 4) is 81.3 Å². The standard InChI is InChI=1S/2C27H27N5O6S/c2*1-17(26(33)19-13-11-18(15-28)12-14-19)39(34,35)16-23-30-31-27(20-7-5-10-24(29-20)38-4)32(23)25-21(36-2)8-6-9-22(25)37-3/h2*5-14,17,26,33H,16H2,1-4H3/t2*17-,26-/m10/s1. The summed E-state index contributed by atoms with van der Waals surface area (Å²) in [6.07, 6.45) is -2.67. The molecule has 4 aromatic heterocycles. The third kappa shape index (κ3) is 12.2. The fourth-order valence-corrected chi connectivity index (χ4v) is 10.8. The number of sulfone groups is 2. The number of aliphatic hydroxyl groups excluding tert-OH is 2. The Morgan fingerprint density at radius 3 is 1.09 bits per heavy atom. The number of aromatic nitrogens is 8. The van der Waals surface area contributed by atoms with E-state index in [0.29, 0.717) is 79.8 Å². The van der Waals surface area contributed by atoms with Gasteiger partial charge in [-0.05, 0) is 85.6 Å². The van der Waals surface area contributed by atoms with Gasteiger partial charge in [0.25, 0.3) is 0 Å². The van der Waals surface area contributed by atoms with Gasteiger partial charge in [0.15, 0.2) is 43.0 Å². The summed E-state index contributed by atoms with van der Waals surface area (Å²) in [5.41, 5.74) is 3.08. The Hall–Kier alpha value is -8.94. The summed E-state index contributed by atoms with van der Waals surface area (Å²) in [7, 11) is 0.923. The minimum atomic E-state index is -3.99. The Bertz CT molecular complexity index is 3420. The lowest BCUT2D eigenvalue weighted by molar-refractivity contribution is 0.175. The van der Waals surface area contributed by atoms with E-state index in [0.717, 1.165) is 0 Å². The molecule has 0 saturated heterocycles. The molecule has 8 rings (SSSR count). The van der Waals surface area contributed by atoms with Gasteiger partial charge in [-0.3, -0.25) is 9.13 Å². The van der Waals surface area contributed by atoms with Crippen LogP contribution < -0.4 is 28.4 Å². The molecule has 0 unspecified atom stereocenters. The number of methoxy groups -OCH3 is 6. The highest BCUT2D eigenvalue weighted by Crippen LogP contribution is 2.39. The van der Waals surface area contributed by atoms with Crippen LogP contribution in [-0.2, 0) is 31.2 Å². The van der Waals surface area contributed by atoms with Crippen molar-refractivity contribution in [2.24, 2.45) is 0 Å². The zero-order valence-corrected chi connectivity index (χ0v) is 45.2. The molecule has 8 aromatic rings. The van der Waals surface area contributed by atoms with E-state index in [2.05, 4.69) is 30.4 Å². The molecule has 404 valence electrons. The lowest BCUT2D eigenvalue weighted by Crippen LogP contribution is -2.28. The lowest BCUT2D eigenvalue weighted by atomic mass is 10.1. The Morgan fingerprint density at radius 1 is 0.474 bits per heavy atom. The SMILES string of the molecule is COc1cccc(-c2nnc(CS(=O)(=O)[C@@H](C)[C@H](O)c3ccc(C#N)cc3)n2-c2c(OC)cccc2OC)n1.COc1cccc(-c2nnc(CS(=O)(=O)[C@H](C)[C@@H](O)c3ccc(C#N)cc3)n2-c2c(OC)cccc2OC)n1. The molecule has 0 bridgehead atoms. The summed E-state index contributed by atoms with van der Waals surface area (Å²) in [6.45, 7) is 2.85. The molecule has 22 nitrogen and oxygen atoms in total. The van der Waals surface area contributed by atoms with Gasteiger partial charge < -0.3 is 38.6 Å². The first-order valence-electron chi connectivity index (χ1n) is 23.6. The first-order chi connectivity index (χ1) is 37.5. The molecular formula is C54H54N10O12S2. The van der Waals surface area contributed by atoms with E-state index < -0.39 is 53.9 Å². The van der Waals surface area contributed by atoms with Gasteiger partial charge in [-0.25, -0.2) is 26.8 Å². The fourth-order valence-electron chi connectivity index (χ4n) is 8.10. The molecule has 0 aliphatic heterocycles. The predicted octanol–water partition coefficient (Wildman–Crippen LogP) is 6.53. The monoisotopic (exact) mass is 1100 g/mol. The number of nitriles is 2. The van der Waals surface area contributed by atoms with E-state index >= 15 is 0 Å². The van der Waals surface area contributed by atoms with Crippen molar-refractivity contribution in [1.29, 1.82) is 10.5 Å². The summed E-state index contributed by atoms with van der Waals surface area (Å²) in [4.78, 5) is 8.89. The van der Waals surface area contributed by atoms with Crippen LogP contribution in [0.5, 0.6) is 34.8 Å². The number of aliphatic hydroxyl groups is 2. The number of pyridine rings is 2. The molecule has 24 heteroatoms. The Balaban J connectivity index is 0.000000226. The number of rotatable bonds is 20. The molecule has 0 spiro atoms. The molecule has 0 aliphatic rings. The summed E-state index contributed by atoms with van der Waals surface area (Å²) >= 11 is 0. The maximum absolute atomic E-state index is 13.6. The molecular weight excluding hydrogens is 1040 g/mol. The molecule has 4 aromatic carbocycles. The highest BCUT2D eigenvalue weighted by molar-refractivity contribution is 7.91. The lowest BCUT2D eigenvalue weighted by Gasteiger charge is -2.21. The highest BCUT2D eigenvalue weighted by Gasteiger charge is 2.35. The van der Waals surface area contributed by atoms with E-state index in [1.54, 1.807) is 72.8 Å². The molecule has 4 atom stereocenters. The zero-order valence-electron chi connectivity index (χ0n) is 43.5. The van der Waals surface area contributed by atoms with Crippen LogP contribution in [0.2, 0.25) is 0 Å². The minimum absolute atomic E-state index is 0.0660. The highest BCUT2D eigenvalue weighted by atomic mass is 32.2. The average Bonchev–Trinajstić information content (AvgIpc) is 4.19.